The third kappa shape index (κ3) is 2.86. The van der Waals surface area contributed by atoms with Gasteiger partial charge in [-0.3, -0.25) is 4.79 Å². The van der Waals surface area contributed by atoms with Crippen molar-refractivity contribution < 1.29 is 9.21 Å². The van der Waals surface area contributed by atoms with Gasteiger partial charge in [-0.05, 0) is 39.7 Å². The minimum absolute atomic E-state index is 0.137. The first-order valence-corrected chi connectivity index (χ1v) is 7.75. The highest BCUT2D eigenvalue weighted by molar-refractivity contribution is 9.10. The number of halogens is 3. The highest BCUT2D eigenvalue weighted by Gasteiger charge is 2.16. The summed E-state index contributed by atoms with van der Waals surface area (Å²) in [5.41, 5.74) is 1.35. The summed E-state index contributed by atoms with van der Waals surface area (Å²) in [5, 5.41) is 1.73. The van der Waals surface area contributed by atoms with Crippen LogP contribution in [0.1, 0.15) is 16.1 Å². The normalized spacial score (nSPS) is 11.0. The second kappa shape index (κ2) is 5.84. The van der Waals surface area contributed by atoms with Gasteiger partial charge >= 0.3 is 0 Å². The number of carbonyl (C=O) groups excluding carboxylic acids is 1. The molecule has 0 radical (unpaired) electrons. The fourth-order valence-corrected chi connectivity index (χ4v) is 2.96. The lowest BCUT2D eigenvalue weighted by Gasteiger charge is -2.03. The molecule has 2 nitrogen and oxygen atoms in total. The number of carbonyl (C=O) groups is 1. The molecule has 0 atom stereocenters. The summed E-state index contributed by atoms with van der Waals surface area (Å²) in [6, 6.07) is 12.6. The Bertz CT molecular complexity index is 839. The highest BCUT2D eigenvalue weighted by atomic mass is 79.9. The summed E-state index contributed by atoms with van der Waals surface area (Å²) in [5.74, 6) is 0.176. The largest absolute Gasteiger partial charge is 0.452 e. The van der Waals surface area contributed by atoms with E-state index < -0.39 is 0 Å². The van der Waals surface area contributed by atoms with Crippen LogP contribution in [0, 0.1) is 0 Å². The number of rotatable bonds is 3. The fourth-order valence-electron chi connectivity index (χ4n) is 2.11. The van der Waals surface area contributed by atoms with Crippen LogP contribution in [0.3, 0.4) is 0 Å². The zero-order valence-corrected chi connectivity index (χ0v) is 13.8. The first-order valence-electron chi connectivity index (χ1n) is 6.20. The van der Waals surface area contributed by atoms with Gasteiger partial charge in [0, 0.05) is 11.8 Å². The van der Waals surface area contributed by atoms with Crippen molar-refractivity contribution in [1.82, 2.24) is 0 Å². The molecule has 1 aromatic heterocycles. The number of hydrogen-bond acceptors (Lipinski definition) is 2. The molecule has 3 rings (SSSR count). The lowest BCUT2D eigenvalue weighted by molar-refractivity contribution is 0.0968. The Balaban J connectivity index is 1.94. The van der Waals surface area contributed by atoms with E-state index in [0.29, 0.717) is 27.0 Å². The van der Waals surface area contributed by atoms with Gasteiger partial charge in [-0.15, -0.1) is 0 Å². The molecule has 2 aromatic carbocycles. The molecule has 0 fully saturated rings. The summed E-state index contributed by atoms with van der Waals surface area (Å²) in [6.45, 7) is 0. The first kappa shape index (κ1) is 14.6. The van der Waals surface area contributed by atoms with Crippen LogP contribution in [0.5, 0.6) is 0 Å². The molecule has 21 heavy (non-hydrogen) atoms. The van der Waals surface area contributed by atoms with Crippen molar-refractivity contribution in [2.24, 2.45) is 0 Å². The van der Waals surface area contributed by atoms with E-state index in [0.717, 1.165) is 9.86 Å². The Labute approximate surface area is 139 Å². The van der Waals surface area contributed by atoms with Crippen LogP contribution in [0.2, 0.25) is 10.0 Å². The van der Waals surface area contributed by atoms with Gasteiger partial charge in [-0.2, -0.15) is 0 Å². The fraction of sp³-hybridized carbons (Fsp3) is 0.0625. The van der Waals surface area contributed by atoms with E-state index in [-0.39, 0.29) is 12.2 Å². The molecule has 0 aliphatic carbocycles. The van der Waals surface area contributed by atoms with Crippen LogP contribution in [-0.4, -0.2) is 5.78 Å². The molecule has 0 amide bonds. The third-order valence-electron chi connectivity index (χ3n) is 3.15. The van der Waals surface area contributed by atoms with E-state index in [1.165, 1.54) is 0 Å². The molecule has 106 valence electrons. The SMILES string of the molecule is O=C(Cc1cccc(Cl)c1Cl)c1cc2cccc(Br)c2o1. The molecule has 0 aliphatic heterocycles. The third-order valence-corrected chi connectivity index (χ3v) is 4.64. The predicted molar refractivity (Wildman–Crippen MR) is 88.4 cm³/mol. The van der Waals surface area contributed by atoms with Crippen molar-refractivity contribution in [2.75, 3.05) is 0 Å². The minimum atomic E-state index is -0.137. The molecule has 1 heterocycles. The van der Waals surface area contributed by atoms with Gasteiger partial charge in [0.15, 0.2) is 5.76 Å². The highest BCUT2D eigenvalue weighted by Crippen LogP contribution is 2.29. The van der Waals surface area contributed by atoms with Gasteiger partial charge in [0.2, 0.25) is 5.78 Å². The van der Waals surface area contributed by atoms with Crippen LogP contribution >= 0.6 is 39.1 Å². The number of Topliss-reactive ketones (excluding diaryl/α,β-unsaturated/α-hetero) is 1. The Morgan fingerprint density at radius 2 is 1.90 bits per heavy atom. The summed E-state index contributed by atoms with van der Waals surface area (Å²) in [7, 11) is 0. The number of furan rings is 1. The van der Waals surface area contributed by atoms with E-state index >= 15 is 0 Å². The van der Waals surface area contributed by atoms with Crippen molar-refractivity contribution >= 4 is 55.9 Å². The van der Waals surface area contributed by atoms with Crippen molar-refractivity contribution in [3.63, 3.8) is 0 Å². The van der Waals surface area contributed by atoms with Crippen LogP contribution in [-0.2, 0) is 6.42 Å². The molecule has 0 saturated carbocycles. The van der Waals surface area contributed by atoms with Gasteiger partial charge in [0.05, 0.1) is 14.5 Å². The average Bonchev–Trinajstić information content (AvgIpc) is 2.89. The number of fused-ring (bicyclic) bond motifs is 1. The molecule has 5 heteroatoms. The number of hydrogen-bond donors (Lipinski definition) is 0. The van der Waals surface area contributed by atoms with E-state index in [4.69, 9.17) is 27.6 Å². The van der Waals surface area contributed by atoms with Crippen molar-refractivity contribution in [2.45, 2.75) is 6.42 Å². The van der Waals surface area contributed by atoms with Crippen LogP contribution in [0.4, 0.5) is 0 Å². The molecule has 0 bridgehead atoms. The topological polar surface area (TPSA) is 30.2 Å². The lowest BCUT2D eigenvalue weighted by atomic mass is 10.1. The standard InChI is InChI=1S/C16H9BrCl2O2/c17-11-5-1-4-10-8-14(21-16(10)11)13(20)7-9-3-2-6-12(18)15(9)19/h1-6,8H,7H2. The van der Waals surface area contributed by atoms with Gasteiger partial charge < -0.3 is 4.42 Å². The maximum absolute atomic E-state index is 12.3. The van der Waals surface area contributed by atoms with Gasteiger partial charge in [0.1, 0.15) is 5.58 Å². The lowest BCUT2D eigenvalue weighted by Crippen LogP contribution is -2.02. The monoisotopic (exact) mass is 382 g/mol. The molecule has 0 unspecified atom stereocenters. The maximum atomic E-state index is 12.3. The zero-order chi connectivity index (χ0) is 15.0. The molecule has 0 aliphatic rings. The Kier molecular flexibility index (Phi) is 4.07. The van der Waals surface area contributed by atoms with Crippen LogP contribution in [0.15, 0.2) is 51.4 Å². The summed E-state index contributed by atoms with van der Waals surface area (Å²) >= 11 is 15.5. The van der Waals surface area contributed by atoms with E-state index in [9.17, 15) is 4.79 Å². The van der Waals surface area contributed by atoms with Gasteiger partial charge in [-0.25, -0.2) is 0 Å². The summed E-state index contributed by atoms with van der Waals surface area (Å²) in [6.07, 6.45) is 0.150. The van der Waals surface area contributed by atoms with E-state index in [1.54, 1.807) is 24.3 Å². The first-order chi connectivity index (χ1) is 10.1. The molecular weight excluding hydrogens is 375 g/mol. The molecule has 0 spiro atoms. The van der Waals surface area contributed by atoms with Crippen molar-refractivity contribution in [3.05, 3.63) is 68.3 Å². The van der Waals surface area contributed by atoms with Gasteiger partial charge in [0.25, 0.3) is 0 Å². The predicted octanol–water partition coefficient (Wildman–Crippen LogP) is 5.93. The molecule has 3 aromatic rings. The summed E-state index contributed by atoms with van der Waals surface area (Å²) < 4.78 is 6.45. The average molecular weight is 384 g/mol. The molecule has 0 saturated heterocycles. The van der Waals surface area contributed by atoms with E-state index in [1.807, 2.05) is 18.2 Å². The van der Waals surface area contributed by atoms with Crippen LogP contribution in [0.25, 0.3) is 11.0 Å². The number of benzene rings is 2. The van der Waals surface area contributed by atoms with E-state index in [2.05, 4.69) is 15.9 Å². The Morgan fingerprint density at radius 1 is 1.14 bits per heavy atom. The Morgan fingerprint density at radius 3 is 2.67 bits per heavy atom. The Hall–Kier alpha value is -1.29. The van der Waals surface area contributed by atoms with Gasteiger partial charge in [-0.1, -0.05) is 47.5 Å². The van der Waals surface area contributed by atoms with Crippen molar-refractivity contribution in [3.8, 4) is 0 Å². The second-order valence-corrected chi connectivity index (χ2v) is 6.22. The quantitative estimate of drug-likeness (QED) is 0.525. The second-order valence-electron chi connectivity index (χ2n) is 4.58. The molecule has 0 N–H and O–H groups in total. The summed E-state index contributed by atoms with van der Waals surface area (Å²) in [4.78, 5) is 12.3. The number of ketones is 1. The smallest absolute Gasteiger partial charge is 0.202 e. The maximum Gasteiger partial charge on any atom is 0.202 e. The zero-order valence-electron chi connectivity index (χ0n) is 10.7. The van der Waals surface area contributed by atoms with Crippen LogP contribution < -0.4 is 0 Å². The number of para-hydroxylation sites is 1. The van der Waals surface area contributed by atoms with Crippen molar-refractivity contribution in [1.29, 1.82) is 0 Å². The molecular formula is C16H9BrCl2O2. The minimum Gasteiger partial charge on any atom is -0.452 e.